The van der Waals surface area contributed by atoms with E-state index >= 15 is 0 Å². The summed E-state index contributed by atoms with van der Waals surface area (Å²) in [5.41, 5.74) is -0.540. The number of carbonyl (C=O) groups is 2. The summed E-state index contributed by atoms with van der Waals surface area (Å²) in [6.07, 6.45) is 2.40. The van der Waals surface area contributed by atoms with Gasteiger partial charge in [-0.25, -0.2) is 0 Å². The summed E-state index contributed by atoms with van der Waals surface area (Å²) in [6, 6.07) is 0.0645. The van der Waals surface area contributed by atoms with Gasteiger partial charge in [0.2, 0.25) is 0 Å². The van der Waals surface area contributed by atoms with Gasteiger partial charge in [0.1, 0.15) is 11.7 Å². The van der Waals surface area contributed by atoms with Gasteiger partial charge in [0.15, 0.2) is 5.78 Å². The van der Waals surface area contributed by atoms with Crippen molar-refractivity contribution in [3.63, 3.8) is 0 Å². The molecule has 0 aliphatic heterocycles. The Kier molecular flexibility index (Phi) is 5.09. The van der Waals surface area contributed by atoms with Crippen molar-refractivity contribution in [2.75, 3.05) is 7.11 Å². The summed E-state index contributed by atoms with van der Waals surface area (Å²) in [7, 11) is 1.27. The number of esters is 1. The molecule has 0 aromatic heterocycles. The topological polar surface area (TPSA) is 76.0 Å². The van der Waals surface area contributed by atoms with E-state index in [9.17, 15) is 14.7 Å². The lowest BCUT2D eigenvalue weighted by Crippen LogP contribution is -2.40. The molecule has 0 saturated carbocycles. The van der Waals surface area contributed by atoms with Gasteiger partial charge in [0, 0.05) is 18.7 Å². The van der Waals surface area contributed by atoms with Crippen LogP contribution in [0.15, 0.2) is 16.3 Å². The molecule has 0 amide bonds. The van der Waals surface area contributed by atoms with Gasteiger partial charge in [-0.15, -0.1) is 0 Å². The van der Waals surface area contributed by atoms with Crippen LogP contribution in [-0.4, -0.2) is 36.2 Å². The Morgan fingerprint density at radius 1 is 1.60 bits per heavy atom. The molecule has 2 atom stereocenters. The molecule has 5 heteroatoms. The van der Waals surface area contributed by atoms with E-state index in [2.05, 4.69) is 4.99 Å². The average molecular weight is 281 g/mol. The van der Waals surface area contributed by atoms with Crippen molar-refractivity contribution < 1.29 is 19.4 Å². The molecule has 0 aromatic rings. The normalized spacial score (nSPS) is 24.1. The largest absolute Gasteiger partial charge is 0.511 e. The predicted molar refractivity (Wildman–Crippen MR) is 76.8 cm³/mol. The second-order valence-corrected chi connectivity index (χ2v) is 5.88. The SMILES string of the molecule is CC[C@@H](C)N=CC1=C(O)[C@H](C(=O)OC)C(C)(C)CC1=O. The molecule has 20 heavy (non-hydrogen) atoms. The summed E-state index contributed by atoms with van der Waals surface area (Å²) in [5, 5.41) is 10.3. The molecule has 0 unspecified atom stereocenters. The fourth-order valence-corrected chi connectivity index (χ4v) is 2.27. The van der Waals surface area contributed by atoms with Crippen LogP contribution in [0.1, 0.15) is 40.5 Å². The highest BCUT2D eigenvalue weighted by Crippen LogP contribution is 2.41. The molecule has 0 saturated heterocycles. The van der Waals surface area contributed by atoms with Gasteiger partial charge in [-0.3, -0.25) is 14.6 Å². The van der Waals surface area contributed by atoms with Gasteiger partial charge in [-0.1, -0.05) is 20.8 Å². The van der Waals surface area contributed by atoms with Gasteiger partial charge in [0.25, 0.3) is 0 Å². The molecule has 1 N–H and O–H groups in total. The molecule has 0 bridgehead atoms. The van der Waals surface area contributed by atoms with Crippen LogP contribution in [0.5, 0.6) is 0 Å². The second kappa shape index (κ2) is 6.20. The maximum absolute atomic E-state index is 12.1. The number of aliphatic hydroxyl groups is 1. The zero-order valence-electron chi connectivity index (χ0n) is 12.8. The maximum atomic E-state index is 12.1. The fourth-order valence-electron chi connectivity index (χ4n) is 2.27. The summed E-state index contributed by atoms with van der Waals surface area (Å²) >= 11 is 0. The summed E-state index contributed by atoms with van der Waals surface area (Å²) in [5.74, 6) is -1.79. The lowest BCUT2D eigenvalue weighted by Gasteiger charge is -2.35. The van der Waals surface area contributed by atoms with Gasteiger partial charge in [-0.2, -0.15) is 0 Å². The van der Waals surface area contributed by atoms with E-state index in [0.717, 1.165) is 6.42 Å². The van der Waals surface area contributed by atoms with Crippen molar-refractivity contribution in [1.29, 1.82) is 0 Å². The first-order valence-electron chi connectivity index (χ1n) is 6.82. The van der Waals surface area contributed by atoms with Crippen molar-refractivity contribution in [3.05, 3.63) is 11.3 Å². The number of carbonyl (C=O) groups excluding carboxylic acids is 2. The summed E-state index contributed by atoms with van der Waals surface area (Å²) < 4.78 is 4.74. The van der Waals surface area contributed by atoms with E-state index in [1.165, 1.54) is 13.3 Å². The molecule has 0 spiro atoms. The minimum absolute atomic E-state index is 0.0645. The highest BCUT2D eigenvalue weighted by molar-refractivity contribution is 6.15. The van der Waals surface area contributed by atoms with E-state index in [0.29, 0.717) is 0 Å². The van der Waals surface area contributed by atoms with Crippen LogP contribution in [0.4, 0.5) is 0 Å². The van der Waals surface area contributed by atoms with Crippen LogP contribution in [0.2, 0.25) is 0 Å². The number of allylic oxidation sites excluding steroid dienone is 1. The molecule has 0 aromatic carbocycles. The molecule has 0 fully saturated rings. The zero-order chi connectivity index (χ0) is 15.5. The van der Waals surface area contributed by atoms with Crippen molar-refractivity contribution in [1.82, 2.24) is 0 Å². The molecule has 5 nitrogen and oxygen atoms in total. The standard InChI is InChI=1S/C15H23NO4/c1-6-9(2)16-8-10-11(17)7-15(3,4)12(13(10)18)14(19)20-5/h8-9,12,18H,6-7H2,1-5H3/t9-,12-/m1/s1. The van der Waals surface area contributed by atoms with Gasteiger partial charge < -0.3 is 9.84 Å². The van der Waals surface area contributed by atoms with Crippen LogP contribution in [0.3, 0.4) is 0 Å². The molecule has 1 rings (SSSR count). The Balaban J connectivity index is 3.23. The van der Waals surface area contributed by atoms with E-state index in [-0.39, 0.29) is 29.6 Å². The number of ketones is 1. The van der Waals surface area contributed by atoms with E-state index < -0.39 is 17.3 Å². The number of aliphatic imine (C=N–C) groups is 1. The number of Topliss-reactive ketones (excluding diaryl/α,β-unsaturated/α-hetero) is 1. The number of ether oxygens (including phenoxy) is 1. The lowest BCUT2D eigenvalue weighted by atomic mass is 9.68. The molecular weight excluding hydrogens is 258 g/mol. The van der Waals surface area contributed by atoms with Crippen molar-refractivity contribution >= 4 is 18.0 Å². The van der Waals surface area contributed by atoms with Crippen LogP contribution in [0.25, 0.3) is 0 Å². The van der Waals surface area contributed by atoms with Gasteiger partial charge in [-0.05, 0) is 18.8 Å². The average Bonchev–Trinajstić information content (AvgIpc) is 2.36. The molecule has 112 valence electrons. The first kappa shape index (κ1) is 16.4. The number of nitrogens with zero attached hydrogens (tertiary/aromatic N) is 1. The van der Waals surface area contributed by atoms with Crippen LogP contribution < -0.4 is 0 Å². The van der Waals surface area contributed by atoms with Crippen LogP contribution in [-0.2, 0) is 14.3 Å². The maximum Gasteiger partial charge on any atom is 0.316 e. The van der Waals surface area contributed by atoms with Crippen molar-refractivity contribution in [3.8, 4) is 0 Å². The fraction of sp³-hybridized carbons (Fsp3) is 0.667. The predicted octanol–water partition coefficient (Wildman–Crippen LogP) is 2.46. The number of aliphatic hydroxyl groups excluding tert-OH is 1. The Hall–Kier alpha value is -1.65. The molecular formula is C15H23NO4. The molecule has 1 aliphatic carbocycles. The number of methoxy groups -OCH3 is 1. The number of rotatable bonds is 4. The molecule has 0 heterocycles. The third kappa shape index (κ3) is 3.26. The Labute approximate surface area is 119 Å². The first-order chi connectivity index (χ1) is 9.24. The van der Waals surface area contributed by atoms with Crippen LogP contribution >= 0.6 is 0 Å². The second-order valence-electron chi connectivity index (χ2n) is 5.88. The van der Waals surface area contributed by atoms with E-state index in [1.54, 1.807) is 13.8 Å². The number of hydrogen-bond donors (Lipinski definition) is 1. The molecule has 0 radical (unpaired) electrons. The zero-order valence-corrected chi connectivity index (χ0v) is 12.8. The third-order valence-corrected chi connectivity index (χ3v) is 3.73. The Bertz CT molecular complexity index is 462. The van der Waals surface area contributed by atoms with Crippen molar-refractivity contribution in [2.45, 2.75) is 46.6 Å². The first-order valence-corrected chi connectivity index (χ1v) is 6.82. The monoisotopic (exact) mass is 281 g/mol. The third-order valence-electron chi connectivity index (χ3n) is 3.73. The minimum atomic E-state index is -0.830. The van der Waals surface area contributed by atoms with Gasteiger partial charge in [0.05, 0.1) is 12.7 Å². The quantitative estimate of drug-likeness (QED) is 0.634. The smallest absolute Gasteiger partial charge is 0.316 e. The minimum Gasteiger partial charge on any atom is -0.511 e. The Morgan fingerprint density at radius 2 is 2.20 bits per heavy atom. The van der Waals surface area contributed by atoms with Crippen molar-refractivity contribution in [2.24, 2.45) is 16.3 Å². The summed E-state index contributed by atoms with van der Waals surface area (Å²) in [6.45, 7) is 7.44. The Morgan fingerprint density at radius 3 is 2.70 bits per heavy atom. The van der Waals surface area contributed by atoms with Crippen LogP contribution in [0, 0.1) is 11.3 Å². The lowest BCUT2D eigenvalue weighted by molar-refractivity contribution is -0.150. The highest BCUT2D eigenvalue weighted by atomic mass is 16.5. The molecule has 1 aliphatic rings. The van der Waals surface area contributed by atoms with E-state index in [4.69, 9.17) is 4.74 Å². The summed E-state index contributed by atoms with van der Waals surface area (Å²) in [4.78, 5) is 28.2. The number of hydrogen-bond acceptors (Lipinski definition) is 5. The highest BCUT2D eigenvalue weighted by Gasteiger charge is 2.46. The van der Waals surface area contributed by atoms with E-state index in [1.807, 2.05) is 13.8 Å². The van der Waals surface area contributed by atoms with Gasteiger partial charge >= 0.3 is 5.97 Å².